The smallest absolute Gasteiger partial charge is 0.0462 e. The fraction of sp³-hybridized carbons (Fsp3) is 0.0545. The minimum atomic E-state index is -0.203. The van der Waals surface area contributed by atoms with Crippen LogP contribution < -0.4 is 4.90 Å². The van der Waals surface area contributed by atoms with E-state index in [1.807, 2.05) is 0 Å². The maximum absolute atomic E-state index is 2.47. The number of hydrogen-bond acceptors (Lipinski definition) is 1. The first kappa shape index (κ1) is 33.6. The van der Waals surface area contributed by atoms with Gasteiger partial charge in [-0.15, -0.1) is 0 Å². The molecule has 0 amide bonds. The second kappa shape index (κ2) is 13.7. The third kappa shape index (κ3) is 5.81. The molecule has 1 heteroatoms. The first-order valence-electron chi connectivity index (χ1n) is 19.5. The molecule has 0 N–H and O–H groups in total. The van der Waals surface area contributed by atoms with E-state index >= 15 is 0 Å². The summed E-state index contributed by atoms with van der Waals surface area (Å²) in [5, 5.41) is 2.63. The van der Waals surface area contributed by atoms with Crippen molar-refractivity contribution in [3.63, 3.8) is 0 Å². The maximum Gasteiger partial charge on any atom is 0.0462 e. The lowest BCUT2D eigenvalue weighted by molar-refractivity contribution is 0.645. The molecule has 0 radical (unpaired) electrons. The molecule has 9 aromatic rings. The minimum absolute atomic E-state index is 0.203. The molecule has 10 rings (SSSR count). The molecule has 0 spiro atoms. The third-order valence-corrected chi connectivity index (χ3v) is 11.6. The van der Waals surface area contributed by atoms with Gasteiger partial charge in [0.05, 0.1) is 0 Å². The zero-order valence-electron chi connectivity index (χ0n) is 31.7. The van der Waals surface area contributed by atoms with Gasteiger partial charge in [0.15, 0.2) is 0 Å². The van der Waals surface area contributed by atoms with Crippen LogP contribution in [0.4, 0.5) is 17.1 Å². The topological polar surface area (TPSA) is 3.24 Å². The SMILES string of the molecule is CC1(C)c2cc(-c3cc(-c4ccccc4)cc(-c4ccccc4)c3)ccc2-c2c(-c3ccc(N(c4ccccc4)c4ccccc4)cc3)ccc3cccc1c23. The van der Waals surface area contributed by atoms with Crippen molar-refractivity contribution in [3.05, 3.63) is 223 Å². The Morgan fingerprint density at radius 3 is 1.38 bits per heavy atom. The summed E-state index contributed by atoms with van der Waals surface area (Å²) in [5.74, 6) is 0. The molecule has 0 saturated heterocycles. The Balaban J connectivity index is 1.12. The van der Waals surface area contributed by atoms with Crippen molar-refractivity contribution in [1.29, 1.82) is 0 Å². The van der Waals surface area contributed by atoms with Gasteiger partial charge in [0.25, 0.3) is 0 Å². The van der Waals surface area contributed by atoms with Crippen molar-refractivity contribution < 1.29 is 0 Å². The van der Waals surface area contributed by atoms with E-state index in [9.17, 15) is 0 Å². The van der Waals surface area contributed by atoms with E-state index in [4.69, 9.17) is 0 Å². The third-order valence-electron chi connectivity index (χ3n) is 11.6. The fourth-order valence-corrected chi connectivity index (χ4v) is 8.80. The monoisotopic (exact) mass is 715 g/mol. The Morgan fingerprint density at radius 2 is 0.804 bits per heavy atom. The van der Waals surface area contributed by atoms with E-state index in [1.54, 1.807) is 0 Å². The molecule has 1 nitrogen and oxygen atoms in total. The zero-order valence-corrected chi connectivity index (χ0v) is 31.7. The van der Waals surface area contributed by atoms with Crippen LogP contribution in [-0.4, -0.2) is 0 Å². The molecule has 0 saturated carbocycles. The van der Waals surface area contributed by atoms with Gasteiger partial charge < -0.3 is 4.90 Å². The van der Waals surface area contributed by atoms with Gasteiger partial charge in [0, 0.05) is 22.5 Å². The van der Waals surface area contributed by atoms with Crippen molar-refractivity contribution in [2.45, 2.75) is 19.3 Å². The predicted octanol–water partition coefficient (Wildman–Crippen LogP) is 15.3. The molecular formula is C55H41N. The summed E-state index contributed by atoms with van der Waals surface area (Å²) in [6, 6.07) is 77.5. The van der Waals surface area contributed by atoms with Gasteiger partial charge in [-0.05, 0) is 138 Å². The van der Waals surface area contributed by atoms with Crippen molar-refractivity contribution in [2.24, 2.45) is 0 Å². The summed E-state index contributed by atoms with van der Waals surface area (Å²) in [6.07, 6.45) is 0. The average molecular weight is 716 g/mol. The van der Waals surface area contributed by atoms with Gasteiger partial charge in [-0.2, -0.15) is 0 Å². The molecule has 1 aliphatic carbocycles. The van der Waals surface area contributed by atoms with Crippen molar-refractivity contribution in [1.82, 2.24) is 0 Å². The molecule has 0 aromatic heterocycles. The Kier molecular flexibility index (Phi) is 8.23. The molecule has 1 aliphatic rings. The standard InChI is InChI=1S/C55H41N/c1-55(2)51-25-15-20-41-28-32-49(40-26-30-48(31-27-40)56(46-21-11-5-12-22-46)47-23-13-6-14-24-47)54(53(41)51)50-33-29-42(37-52(50)55)45-35-43(38-16-7-3-8-17-38)34-44(36-45)39-18-9-4-10-19-39/h3-37H,1-2H3. The second-order valence-electron chi connectivity index (χ2n) is 15.4. The molecule has 56 heavy (non-hydrogen) atoms. The van der Waals surface area contributed by atoms with Crippen LogP contribution in [0.15, 0.2) is 212 Å². The highest BCUT2D eigenvalue weighted by Gasteiger charge is 2.35. The Hall–Kier alpha value is -6.96. The first-order chi connectivity index (χ1) is 27.5. The summed E-state index contributed by atoms with van der Waals surface area (Å²) in [6.45, 7) is 4.79. The quantitative estimate of drug-likeness (QED) is 0.159. The summed E-state index contributed by atoms with van der Waals surface area (Å²) in [5.41, 5.74) is 18.3. The summed E-state index contributed by atoms with van der Waals surface area (Å²) >= 11 is 0. The zero-order chi connectivity index (χ0) is 37.6. The van der Waals surface area contributed by atoms with E-state index in [2.05, 4.69) is 231 Å². The van der Waals surface area contributed by atoms with Gasteiger partial charge in [0.1, 0.15) is 0 Å². The predicted molar refractivity (Wildman–Crippen MR) is 238 cm³/mol. The summed E-state index contributed by atoms with van der Waals surface area (Å²) in [4.78, 5) is 2.32. The van der Waals surface area contributed by atoms with Crippen LogP contribution in [0.2, 0.25) is 0 Å². The summed E-state index contributed by atoms with van der Waals surface area (Å²) in [7, 11) is 0. The largest absolute Gasteiger partial charge is 0.311 e. The number of benzene rings is 9. The van der Waals surface area contributed by atoms with Crippen molar-refractivity contribution >= 4 is 27.8 Å². The lowest BCUT2D eigenvalue weighted by atomic mass is 9.67. The van der Waals surface area contributed by atoms with Crippen LogP contribution in [0.25, 0.3) is 66.4 Å². The average Bonchev–Trinajstić information content (AvgIpc) is 3.27. The second-order valence-corrected chi connectivity index (χ2v) is 15.4. The van der Waals surface area contributed by atoms with Gasteiger partial charge in [-0.25, -0.2) is 0 Å². The number of hydrogen-bond donors (Lipinski definition) is 0. The number of rotatable bonds is 7. The lowest BCUT2D eigenvalue weighted by Gasteiger charge is -2.36. The summed E-state index contributed by atoms with van der Waals surface area (Å²) < 4.78 is 0. The highest BCUT2D eigenvalue weighted by Crippen LogP contribution is 2.53. The Bertz CT molecular complexity index is 2740. The molecule has 0 unspecified atom stereocenters. The van der Waals surface area contributed by atoms with Crippen LogP contribution in [0.3, 0.4) is 0 Å². The molecule has 0 heterocycles. The van der Waals surface area contributed by atoms with E-state index in [1.165, 1.54) is 77.5 Å². The highest BCUT2D eigenvalue weighted by molar-refractivity contribution is 6.09. The van der Waals surface area contributed by atoms with Crippen molar-refractivity contribution in [3.8, 4) is 55.6 Å². The minimum Gasteiger partial charge on any atom is -0.311 e. The normalized spacial score (nSPS) is 12.6. The van der Waals surface area contributed by atoms with E-state index < -0.39 is 0 Å². The molecule has 0 fully saturated rings. The molecule has 0 atom stereocenters. The molecule has 0 bridgehead atoms. The lowest BCUT2D eigenvalue weighted by Crippen LogP contribution is -2.24. The van der Waals surface area contributed by atoms with Gasteiger partial charge in [-0.1, -0.05) is 166 Å². The molecule has 0 aliphatic heterocycles. The Labute approximate surface area is 329 Å². The Morgan fingerprint density at radius 1 is 0.321 bits per heavy atom. The van der Waals surface area contributed by atoms with Crippen molar-refractivity contribution in [2.75, 3.05) is 4.90 Å². The number of para-hydroxylation sites is 2. The fourth-order valence-electron chi connectivity index (χ4n) is 8.80. The van der Waals surface area contributed by atoms with Crippen LogP contribution in [0, 0.1) is 0 Å². The molecule has 9 aromatic carbocycles. The van der Waals surface area contributed by atoms with Crippen LogP contribution in [0.5, 0.6) is 0 Å². The number of nitrogens with zero attached hydrogens (tertiary/aromatic N) is 1. The van der Waals surface area contributed by atoms with Crippen LogP contribution in [-0.2, 0) is 5.41 Å². The van der Waals surface area contributed by atoms with Gasteiger partial charge in [-0.3, -0.25) is 0 Å². The van der Waals surface area contributed by atoms with Gasteiger partial charge in [0.2, 0.25) is 0 Å². The van der Waals surface area contributed by atoms with Crippen LogP contribution >= 0.6 is 0 Å². The maximum atomic E-state index is 2.47. The molecular weight excluding hydrogens is 675 g/mol. The van der Waals surface area contributed by atoms with E-state index in [0.717, 1.165) is 17.1 Å². The highest BCUT2D eigenvalue weighted by atomic mass is 15.1. The number of fused-ring (bicyclic) bond motifs is 2. The van der Waals surface area contributed by atoms with Gasteiger partial charge >= 0.3 is 0 Å². The van der Waals surface area contributed by atoms with Crippen LogP contribution in [0.1, 0.15) is 25.0 Å². The molecule has 266 valence electrons. The van der Waals surface area contributed by atoms with E-state index in [0.29, 0.717) is 0 Å². The number of anilines is 3. The first-order valence-corrected chi connectivity index (χ1v) is 19.5. The van der Waals surface area contributed by atoms with E-state index in [-0.39, 0.29) is 5.41 Å².